The second-order valence-electron chi connectivity index (χ2n) is 4.57. The lowest BCUT2D eigenvalue weighted by molar-refractivity contribution is -0.384. The van der Waals surface area contributed by atoms with E-state index in [0.29, 0.717) is 5.52 Å². The van der Waals surface area contributed by atoms with Crippen LogP contribution in [0.5, 0.6) is 0 Å². The molecule has 1 aromatic heterocycles. The maximum absolute atomic E-state index is 10.8. The van der Waals surface area contributed by atoms with E-state index in [1.54, 1.807) is 17.8 Å². The van der Waals surface area contributed by atoms with Gasteiger partial charge in [0, 0.05) is 17.0 Å². The minimum Gasteiger partial charge on any atom is -0.258 e. The average molecular weight is 328 g/mol. The van der Waals surface area contributed by atoms with E-state index >= 15 is 0 Å². The van der Waals surface area contributed by atoms with Crippen molar-refractivity contribution in [2.75, 3.05) is 6.26 Å². The zero-order valence-electron chi connectivity index (χ0n) is 11.7. The summed E-state index contributed by atoms with van der Waals surface area (Å²) < 4.78 is 0.947. The van der Waals surface area contributed by atoms with Crippen LogP contribution in [0.3, 0.4) is 0 Å². The van der Waals surface area contributed by atoms with Crippen LogP contribution >= 0.6 is 23.1 Å². The van der Waals surface area contributed by atoms with Crippen LogP contribution in [0.1, 0.15) is 10.6 Å². The van der Waals surface area contributed by atoms with Gasteiger partial charge in [-0.15, -0.1) is 23.1 Å². The number of benzene rings is 2. The summed E-state index contributed by atoms with van der Waals surface area (Å²) in [5.74, 6) is 0. The van der Waals surface area contributed by atoms with E-state index in [1.807, 2.05) is 18.4 Å². The summed E-state index contributed by atoms with van der Waals surface area (Å²) in [4.78, 5) is 16.0. The quantitative estimate of drug-likeness (QED) is 0.380. The van der Waals surface area contributed by atoms with Gasteiger partial charge in [0.25, 0.3) is 5.69 Å². The number of nitrogens with zero attached hydrogens (tertiary/aromatic N) is 2. The topological polar surface area (TPSA) is 56.0 Å². The normalized spacial score (nSPS) is 11.3. The summed E-state index contributed by atoms with van der Waals surface area (Å²) in [5.41, 5.74) is 1.83. The van der Waals surface area contributed by atoms with Crippen LogP contribution in [-0.2, 0) is 0 Å². The Morgan fingerprint density at radius 2 is 1.95 bits per heavy atom. The second-order valence-corrected chi connectivity index (χ2v) is 6.51. The molecule has 3 aromatic rings. The summed E-state index contributed by atoms with van der Waals surface area (Å²) in [6.07, 6.45) is 5.98. The van der Waals surface area contributed by atoms with E-state index in [1.165, 1.54) is 28.4 Å². The Balaban J connectivity index is 1.86. The van der Waals surface area contributed by atoms with Crippen LogP contribution in [0.25, 0.3) is 22.4 Å². The van der Waals surface area contributed by atoms with Crippen molar-refractivity contribution >= 4 is 51.2 Å². The monoisotopic (exact) mass is 328 g/mol. The zero-order valence-corrected chi connectivity index (χ0v) is 13.4. The Morgan fingerprint density at radius 1 is 1.18 bits per heavy atom. The fourth-order valence-electron chi connectivity index (χ4n) is 2.00. The maximum atomic E-state index is 10.8. The molecule has 0 aliphatic rings. The van der Waals surface area contributed by atoms with E-state index < -0.39 is 4.92 Å². The van der Waals surface area contributed by atoms with Crippen LogP contribution < -0.4 is 0 Å². The number of aromatic nitrogens is 1. The van der Waals surface area contributed by atoms with Gasteiger partial charge in [-0.1, -0.05) is 18.2 Å². The molecule has 0 aliphatic heterocycles. The highest BCUT2D eigenvalue weighted by molar-refractivity contribution is 7.98. The van der Waals surface area contributed by atoms with Gasteiger partial charge < -0.3 is 0 Å². The molecule has 0 atom stereocenters. The Labute approximate surface area is 135 Å². The van der Waals surface area contributed by atoms with E-state index in [4.69, 9.17) is 0 Å². The molecule has 0 bridgehead atoms. The highest BCUT2D eigenvalue weighted by atomic mass is 32.2. The Hall–Kier alpha value is -2.18. The van der Waals surface area contributed by atoms with Crippen molar-refractivity contribution in [2.45, 2.75) is 4.90 Å². The lowest BCUT2D eigenvalue weighted by Gasteiger charge is -1.96. The third-order valence-electron chi connectivity index (χ3n) is 3.13. The van der Waals surface area contributed by atoms with E-state index in [9.17, 15) is 10.1 Å². The average Bonchev–Trinajstić information content (AvgIpc) is 2.95. The molecule has 0 N–H and O–H groups in total. The van der Waals surface area contributed by atoms with E-state index in [2.05, 4.69) is 29.2 Å². The molecule has 0 saturated heterocycles. The summed E-state index contributed by atoms with van der Waals surface area (Å²) in [7, 11) is 0. The Bertz CT molecular complexity index is 854. The van der Waals surface area contributed by atoms with Gasteiger partial charge >= 0.3 is 0 Å². The molecule has 110 valence electrons. The molecular weight excluding hydrogens is 316 g/mol. The first-order chi connectivity index (χ1) is 10.7. The molecule has 3 rings (SSSR count). The molecule has 2 aromatic carbocycles. The smallest absolute Gasteiger partial charge is 0.258 e. The van der Waals surface area contributed by atoms with Gasteiger partial charge in [-0.3, -0.25) is 10.1 Å². The predicted molar refractivity (Wildman–Crippen MR) is 93.4 cm³/mol. The zero-order chi connectivity index (χ0) is 15.5. The highest BCUT2D eigenvalue weighted by Gasteiger charge is 2.09. The van der Waals surface area contributed by atoms with Gasteiger partial charge in [-0.05, 0) is 36.1 Å². The lowest BCUT2D eigenvalue weighted by atomic mass is 10.2. The first-order valence-electron chi connectivity index (χ1n) is 6.53. The molecule has 4 nitrogen and oxygen atoms in total. The molecule has 1 heterocycles. The van der Waals surface area contributed by atoms with Gasteiger partial charge in [0.15, 0.2) is 0 Å². The minimum absolute atomic E-state index is 0.0704. The number of thiazole rings is 1. The van der Waals surface area contributed by atoms with Gasteiger partial charge in [-0.25, -0.2) is 4.98 Å². The summed E-state index contributed by atoms with van der Waals surface area (Å²) in [6.45, 7) is 0. The third-order valence-corrected chi connectivity index (χ3v) is 4.88. The SMILES string of the molecule is CSc1ccc(/C=C/c2nc3cc([N+](=O)[O-])ccc3s2)cc1. The first-order valence-corrected chi connectivity index (χ1v) is 8.57. The number of fused-ring (bicyclic) bond motifs is 1. The summed E-state index contributed by atoms with van der Waals surface area (Å²) >= 11 is 3.23. The fraction of sp³-hybridized carbons (Fsp3) is 0.0625. The van der Waals surface area contributed by atoms with Crippen molar-refractivity contribution in [3.63, 3.8) is 0 Å². The number of nitro benzene ring substituents is 1. The van der Waals surface area contributed by atoms with Crippen molar-refractivity contribution in [1.82, 2.24) is 4.98 Å². The number of thioether (sulfide) groups is 1. The molecule has 0 saturated carbocycles. The molecule has 0 unspecified atom stereocenters. The first kappa shape index (κ1) is 14.7. The fourth-order valence-corrected chi connectivity index (χ4v) is 3.26. The van der Waals surface area contributed by atoms with Crippen LogP contribution in [0, 0.1) is 10.1 Å². The number of hydrogen-bond acceptors (Lipinski definition) is 5. The molecule has 0 spiro atoms. The van der Waals surface area contributed by atoms with Crippen LogP contribution in [0.4, 0.5) is 5.69 Å². The van der Waals surface area contributed by atoms with Gasteiger partial charge in [0.1, 0.15) is 5.01 Å². The number of rotatable bonds is 4. The maximum Gasteiger partial charge on any atom is 0.271 e. The van der Waals surface area contributed by atoms with Gasteiger partial charge in [-0.2, -0.15) is 0 Å². The van der Waals surface area contributed by atoms with Crippen molar-refractivity contribution in [3.05, 3.63) is 63.1 Å². The van der Waals surface area contributed by atoms with Crippen molar-refractivity contribution < 1.29 is 4.92 Å². The molecule has 22 heavy (non-hydrogen) atoms. The molecule has 0 fully saturated rings. The van der Waals surface area contributed by atoms with Crippen LogP contribution in [0.15, 0.2) is 47.4 Å². The molecule has 0 aliphatic carbocycles. The predicted octanol–water partition coefficient (Wildman–Crippen LogP) is 5.10. The highest BCUT2D eigenvalue weighted by Crippen LogP contribution is 2.27. The molecule has 6 heteroatoms. The largest absolute Gasteiger partial charge is 0.271 e. The second kappa shape index (κ2) is 6.29. The third kappa shape index (κ3) is 3.18. The summed E-state index contributed by atoms with van der Waals surface area (Å²) in [6, 6.07) is 13.0. The summed E-state index contributed by atoms with van der Waals surface area (Å²) in [5, 5.41) is 11.6. The standard InChI is InChI=1S/C16H12N2O2S2/c1-21-13-6-2-11(3-7-13)4-9-16-17-14-10-12(18(19)20)5-8-15(14)22-16/h2-10H,1H3/b9-4+. The minimum atomic E-state index is -0.401. The lowest BCUT2D eigenvalue weighted by Crippen LogP contribution is -1.86. The number of nitro groups is 1. The molecular formula is C16H12N2O2S2. The van der Waals surface area contributed by atoms with Crippen molar-refractivity contribution in [3.8, 4) is 0 Å². The van der Waals surface area contributed by atoms with Crippen molar-refractivity contribution in [1.29, 1.82) is 0 Å². The van der Waals surface area contributed by atoms with E-state index in [0.717, 1.165) is 15.3 Å². The number of non-ortho nitro benzene ring substituents is 1. The van der Waals surface area contributed by atoms with Crippen LogP contribution in [0.2, 0.25) is 0 Å². The Morgan fingerprint density at radius 3 is 2.64 bits per heavy atom. The molecule has 0 amide bonds. The van der Waals surface area contributed by atoms with Crippen LogP contribution in [-0.4, -0.2) is 16.2 Å². The van der Waals surface area contributed by atoms with Gasteiger partial charge in [0.05, 0.1) is 15.1 Å². The van der Waals surface area contributed by atoms with E-state index in [-0.39, 0.29) is 5.69 Å². The number of hydrogen-bond donors (Lipinski definition) is 0. The van der Waals surface area contributed by atoms with Gasteiger partial charge in [0.2, 0.25) is 0 Å². The molecule has 0 radical (unpaired) electrons. The Kier molecular flexibility index (Phi) is 4.22. The van der Waals surface area contributed by atoms with Crippen molar-refractivity contribution in [2.24, 2.45) is 0 Å².